The first-order chi connectivity index (χ1) is 38.4. The number of phosphoric acid groups is 1. The highest BCUT2D eigenvalue weighted by molar-refractivity contribution is 7.45. The summed E-state index contributed by atoms with van der Waals surface area (Å²) in [5.41, 5.74) is 0. The fraction of sp³-hybridized carbons (Fsp3) is 0.797. The third kappa shape index (κ3) is 59.9. The fourth-order valence-electron chi connectivity index (χ4n) is 9.45. The van der Waals surface area contributed by atoms with Crippen molar-refractivity contribution in [3.63, 3.8) is 0 Å². The van der Waals surface area contributed by atoms with E-state index in [1.807, 2.05) is 33.3 Å². The van der Waals surface area contributed by atoms with Crippen molar-refractivity contribution in [2.24, 2.45) is 0 Å². The lowest BCUT2D eigenvalue weighted by molar-refractivity contribution is -0.870. The molecule has 0 aliphatic rings. The highest BCUT2D eigenvalue weighted by atomic mass is 31.2. The second-order valence-corrected chi connectivity index (χ2v) is 25.0. The number of esters is 1. The molecule has 0 aliphatic heterocycles. The number of amides is 1. The van der Waals surface area contributed by atoms with Crippen LogP contribution in [0.2, 0.25) is 0 Å². The van der Waals surface area contributed by atoms with Gasteiger partial charge in [-0.1, -0.05) is 267 Å². The molecule has 10 heteroatoms. The van der Waals surface area contributed by atoms with Gasteiger partial charge >= 0.3 is 5.97 Å². The van der Waals surface area contributed by atoms with E-state index >= 15 is 0 Å². The van der Waals surface area contributed by atoms with Crippen LogP contribution in [0.3, 0.4) is 0 Å². The number of hydrogen-bond donors (Lipinski definition) is 1. The predicted molar refractivity (Wildman–Crippen MR) is 339 cm³/mol. The van der Waals surface area contributed by atoms with Crippen molar-refractivity contribution in [2.45, 2.75) is 315 Å². The van der Waals surface area contributed by atoms with Crippen LogP contribution in [-0.4, -0.2) is 69.4 Å². The van der Waals surface area contributed by atoms with Crippen LogP contribution in [0.5, 0.6) is 0 Å². The molecule has 0 rings (SSSR count). The summed E-state index contributed by atoms with van der Waals surface area (Å²) in [5, 5.41) is 3.02. The molecular weight excluding hydrogens is 1000 g/mol. The average molecular weight is 1130 g/mol. The van der Waals surface area contributed by atoms with Gasteiger partial charge in [-0.15, -0.1) is 0 Å². The SMILES string of the molecule is CCCCC/C=C\C/C=C\C/C=C\C/C=C\CCCC(=O)OC(/C=C\CCCCCCCCCCC)C(COP(=O)([O-])OCC[N+](C)(C)C)NC(=O)CCCCCCCCCCCCCCCCC/C=C/CCCCCCCC. The molecule has 0 aromatic heterocycles. The Bertz CT molecular complexity index is 1580. The van der Waals surface area contributed by atoms with Gasteiger partial charge in [-0.05, 0) is 96.0 Å². The monoisotopic (exact) mass is 1130 g/mol. The Morgan fingerprint density at radius 2 is 0.785 bits per heavy atom. The molecule has 0 heterocycles. The second kappa shape index (κ2) is 58.6. The van der Waals surface area contributed by atoms with E-state index < -0.39 is 32.5 Å². The van der Waals surface area contributed by atoms with E-state index in [0.29, 0.717) is 23.9 Å². The van der Waals surface area contributed by atoms with Gasteiger partial charge in [-0.2, -0.15) is 0 Å². The average Bonchev–Trinajstić information content (AvgIpc) is 3.41. The normalized spacial score (nSPS) is 14.1. The molecule has 0 aromatic rings. The molecular formula is C69H127N2O7P. The molecule has 0 aromatic carbocycles. The van der Waals surface area contributed by atoms with E-state index in [-0.39, 0.29) is 18.9 Å². The molecule has 0 aliphatic carbocycles. The van der Waals surface area contributed by atoms with E-state index in [2.05, 4.69) is 86.8 Å². The third-order valence-corrected chi connectivity index (χ3v) is 15.6. The van der Waals surface area contributed by atoms with Crippen LogP contribution >= 0.6 is 7.82 Å². The number of carbonyl (C=O) groups excluding carboxylic acids is 2. The standard InChI is InChI=1S/C69H127N2O7P/c1-7-10-13-16-19-22-25-27-29-31-32-33-34-35-36-37-38-40-41-43-46-49-52-55-58-61-68(72)70-66(65-77-79(74,75)76-64-63-71(4,5)6)67(60-57-54-51-48-45-24-21-18-15-12-9-3)78-69(73)62-59-56-53-50-47-44-42-39-30-28-26-23-20-17-14-11-8-2/h20,23,27-30,42,44,50,53,57,60,66-67H,7-19,21-22,24-26,31-41,43,45-49,51-52,54-56,58-59,61-65H2,1-6H3,(H-,70,72,74,75)/b23-20-,29-27+,30-28-,44-42-,53-50-,60-57-. The van der Waals surface area contributed by atoms with Crippen molar-refractivity contribution in [3.05, 3.63) is 72.9 Å². The van der Waals surface area contributed by atoms with Gasteiger partial charge < -0.3 is 28.5 Å². The fourth-order valence-corrected chi connectivity index (χ4v) is 10.2. The van der Waals surface area contributed by atoms with Crippen LogP contribution in [0, 0.1) is 0 Å². The lowest BCUT2D eigenvalue weighted by Crippen LogP contribution is -2.47. The molecule has 0 fully saturated rings. The van der Waals surface area contributed by atoms with Crippen LogP contribution in [0.25, 0.3) is 0 Å². The summed E-state index contributed by atoms with van der Waals surface area (Å²) >= 11 is 0. The van der Waals surface area contributed by atoms with Crippen molar-refractivity contribution < 1.29 is 37.3 Å². The third-order valence-electron chi connectivity index (χ3n) is 14.6. The highest BCUT2D eigenvalue weighted by Gasteiger charge is 2.27. The smallest absolute Gasteiger partial charge is 0.306 e. The van der Waals surface area contributed by atoms with Crippen LogP contribution in [0.15, 0.2) is 72.9 Å². The molecule has 0 saturated carbocycles. The first kappa shape index (κ1) is 76.5. The maximum atomic E-state index is 13.6. The van der Waals surface area contributed by atoms with Gasteiger partial charge in [-0.3, -0.25) is 14.2 Å². The minimum absolute atomic E-state index is 0.0318. The first-order valence-electron chi connectivity index (χ1n) is 33.2. The summed E-state index contributed by atoms with van der Waals surface area (Å²) in [6, 6.07) is -0.912. The summed E-state index contributed by atoms with van der Waals surface area (Å²) in [7, 11) is 1.16. The number of allylic oxidation sites excluding steroid dienone is 11. The Labute approximate surface area is 489 Å². The van der Waals surface area contributed by atoms with Crippen molar-refractivity contribution in [2.75, 3.05) is 40.9 Å². The largest absolute Gasteiger partial charge is 0.756 e. The van der Waals surface area contributed by atoms with E-state index in [1.54, 1.807) is 0 Å². The van der Waals surface area contributed by atoms with Gasteiger partial charge in [0.1, 0.15) is 19.3 Å². The maximum absolute atomic E-state index is 13.6. The lowest BCUT2D eigenvalue weighted by atomic mass is 10.0. The van der Waals surface area contributed by atoms with Crippen molar-refractivity contribution in [3.8, 4) is 0 Å². The van der Waals surface area contributed by atoms with Crippen molar-refractivity contribution in [1.82, 2.24) is 5.32 Å². The number of nitrogens with zero attached hydrogens (tertiary/aromatic N) is 1. The zero-order chi connectivity index (χ0) is 57.9. The quantitative estimate of drug-likeness (QED) is 0.0212. The molecule has 0 spiro atoms. The minimum atomic E-state index is -4.71. The van der Waals surface area contributed by atoms with Crippen LogP contribution in [-0.2, 0) is 27.9 Å². The van der Waals surface area contributed by atoms with Crippen LogP contribution in [0.1, 0.15) is 303 Å². The Kier molecular flexibility index (Phi) is 56.7. The van der Waals surface area contributed by atoms with E-state index in [9.17, 15) is 19.0 Å². The van der Waals surface area contributed by atoms with E-state index in [1.165, 1.54) is 199 Å². The molecule has 1 N–H and O–H groups in total. The Morgan fingerprint density at radius 3 is 1.22 bits per heavy atom. The molecule has 0 radical (unpaired) electrons. The summed E-state index contributed by atoms with van der Waals surface area (Å²) < 4.78 is 30.3. The van der Waals surface area contributed by atoms with Crippen molar-refractivity contribution in [1.29, 1.82) is 0 Å². The van der Waals surface area contributed by atoms with E-state index in [0.717, 1.165) is 64.2 Å². The van der Waals surface area contributed by atoms with Crippen LogP contribution < -0.4 is 10.2 Å². The zero-order valence-corrected chi connectivity index (χ0v) is 53.5. The number of rotatable bonds is 60. The summed E-state index contributed by atoms with van der Waals surface area (Å²) in [4.78, 5) is 40.0. The minimum Gasteiger partial charge on any atom is -0.756 e. The Morgan fingerprint density at radius 1 is 0.443 bits per heavy atom. The van der Waals surface area contributed by atoms with Gasteiger partial charge in [0.2, 0.25) is 5.91 Å². The number of ether oxygens (including phenoxy) is 1. The first-order valence-corrected chi connectivity index (χ1v) is 34.7. The zero-order valence-electron chi connectivity index (χ0n) is 52.6. The topological polar surface area (TPSA) is 114 Å². The number of nitrogens with one attached hydrogen (secondary N) is 1. The second-order valence-electron chi connectivity index (χ2n) is 23.6. The number of likely N-dealkylation sites (N-methyl/N-ethyl adjacent to an activating group) is 1. The molecule has 0 bridgehead atoms. The molecule has 79 heavy (non-hydrogen) atoms. The van der Waals surface area contributed by atoms with Gasteiger partial charge in [0.05, 0.1) is 33.8 Å². The lowest BCUT2D eigenvalue weighted by Gasteiger charge is -2.30. The summed E-state index contributed by atoms with van der Waals surface area (Å²) in [6.07, 6.45) is 76.1. The Balaban J connectivity index is 5.12. The highest BCUT2D eigenvalue weighted by Crippen LogP contribution is 2.38. The number of quaternary nitrogens is 1. The molecule has 3 unspecified atom stereocenters. The molecule has 460 valence electrons. The van der Waals surface area contributed by atoms with E-state index in [4.69, 9.17) is 13.8 Å². The number of unbranched alkanes of at least 4 members (excludes halogenated alkanes) is 34. The Hall–Kier alpha value is -2.55. The van der Waals surface area contributed by atoms with Gasteiger partial charge in [0.25, 0.3) is 7.82 Å². The van der Waals surface area contributed by atoms with Gasteiger partial charge in [0, 0.05) is 12.8 Å². The number of carbonyl (C=O) groups is 2. The van der Waals surface area contributed by atoms with Crippen molar-refractivity contribution >= 4 is 19.7 Å². The van der Waals surface area contributed by atoms with Gasteiger partial charge in [0.15, 0.2) is 0 Å². The summed E-state index contributed by atoms with van der Waals surface area (Å²) in [6.45, 7) is 6.79. The van der Waals surface area contributed by atoms with Crippen LogP contribution in [0.4, 0.5) is 0 Å². The summed E-state index contributed by atoms with van der Waals surface area (Å²) in [5.74, 6) is -0.601. The number of hydrogen-bond acceptors (Lipinski definition) is 7. The maximum Gasteiger partial charge on any atom is 0.306 e. The number of phosphoric ester groups is 1. The molecule has 3 atom stereocenters. The molecule has 1 amide bonds. The molecule has 9 nitrogen and oxygen atoms in total. The van der Waals surface area contributed by atoms with Gasteiger partial charge in [-0.25, -0.2) is 0 Å². The predicted octanol–water partition coefficient (Wildman–Crippen LogP) is 20.2. The molecule has 0 saturated heterocycles.